The molecule has 3 N–H and O–H groups in total. The average Bonchev–Trinajstić information content (AvgIpc) is 3.10. The maximum absolute atomic E-state index is 12.3. The number of hydrogen-bond donors (Lipinski definition) is 2. The van der Waals surface area contributed by atoms with Crippen LogP contribution in [0.25, 0.3) is 0 Å². The van der Waals surface area contributed by atoms with Gasteiger partial charge in [0.25, 0.3) is 5.95 Å². The van der Waals surface area contributed by atoms with Crippen LogP contribution in [0.15, 0.2) is 58.8 Å². The van der Waals surface area contributed by atoms with Crippen LogP contribution in [0.1, 0.15) is 28.4 Å². The summed E-state index contributed by atoms with van der Waals surface area (Å²) in [6.45, 7) is 3.84. The number of hydrazone groups is 1. The van der Waals surface area contributed by atoms with Gasteiger partial charge in [-0.15, -0.1) is 10.2 Å². The van der Waals surface area contributed by atoms with E-state index in [2.05, 4.69) is 20.7 Å². The molecule has 0 amide bonds. The Morgan fingerprint density at radius 2 is 1.97 bits per heavy atom. The van der Waals surface area contributed by atoms with Gasteiger partial charge in [0.15, 0.2) is 5.78 Å². The van der Waals surface area contributed by atoms with Gasteiger partial charge >= 0.3 is 0 Å². The fourth-order valence-electron chi connectivity index (χ4n) is 2.45. The van der Waals surface area contributed by atoms with Crippen LogP contribution >= 0.6 is 11.8 Å². The van der Waals surface area contributed by atoms with Gasteiger partial charge in [0.05, 0.1) is 18.6 Å². The molecule has 0 bridgehead atoms. The molecular weight excluding hydrogens is 388 g/mol. The van der Waals surface area contributed by atoms with Crippen LogP contribution in [0.3, 0.4) is 0 Å². The first-order valence-corrected chi connectivity index (χ1v) is 9.84. The fourth-order valence-corrected chi connectivity index (χ4v) is 3.20. The molecular formula is C20H22N6O2S. The third-order valence-electron chi connectivity index (χ3n) is 4.18. The Morgan fingerprint density at radius 1 is 1.21 bits per heavy atom. The maximum atomic E-state index is 12.3. The van der Waals surface area contributed by atoms with Crippen molar-refractivity contribution in [2.24, 2.45) is 5.10 Å². The molecule has 0 unspecified atom stereocenters. The van der Waals surface area contributed by atoms with Gasteiger partial charge in [-0.05, 0) is 26.0 Å². The summed E-state index contributed by atoms with van der Waals surface area (Å²) in [6, 6.07) is 15.0. The van der Waals surface area contributed by atoms with E-state index in [0.717, 1.165) is 22.6 Å². The molecule has 0 saturated heterocycles. The number of aromatic nitrogens is 3. The van der Waals surface area contributed by atoms with Gasteiger partial charge in [0.1, 0.15) is 5.75 Å². The largest absolute Gasteiger partial charge is 0.497 e. The van der Waals surface area contributed by atoms with E-state index in [1.54, 1.807) is 7.11 Å². The zero-order valence-corrected chi connectivity index (χ0v) is 17.2. The number of hydrogen-bond acceptors (Lipinski definition) is 8. The van der Waals surface area contributed by atoms with E-state index in [4.69, 9.17) is 10.6 Å². The van der Waals surface area contributed by atoms with Crippen molar-refractivity contribution in [2.45, 2.75) is 19.0 Å². The van der Waals surface area contributed by atoms with Crippen LogP contribution in [0, 0.1) is 6.92 Å². The number of carbonyl (C=O) groups is 1. The van der Waals surface area contributed by atoms with E-state index < -0.39 is 0 Å². The quantitative estimate of drug-likeness (QED) is 0.193. The van der Waals surface area contributed by atoms with E-state index in [-0.39, 0.29) is 17.5 Å². The molecule has 0 radical (unpaired) electrons. The first kappa shape index (κ1) is 20.4. The Labute approximate surface area is 173 Å². The Morgan fingerprint density at radius 3 is 2.69 bits per heavy atom. The van der Waals surface area contributed by atoms with E-state index in [1.165, 1.54) is 16.4 Å². The van der Waals surface area contributed by atoms with E-state index >= 15 is 0 Å². The van der Waals surface area contributed by atoms with E-state index in [0.29, 0.717) is 10.7 Å². The van der Waals surface area contributed by atoms with Crippen molar-refractivity contribution in [3.05, 3.63) is 65.2 Å². The van der Waals surface area contributed by atoms with Crippen LogP contribution in [0.4, 0.5) is 5.95 Å². The number of carbonyl (C=O) groups excluding carboxylic acids is 1. The summed E-state index contributed by atoms with van der Waals surface area (Å²) in [6.07, 6.45) is 0. The van der Waals surface area contributed by atoms with Gasteiger partial charge in [0.2, 0.25) is 5.16 Å². The minimum absolute atomic E-state index is 0.000556. The summed E-state index contributed by atoms with van der Waals surface area (Å²) in [5.74, 6) is 7.26. The molecule has 0 spiro atoms. The normalized spacial score (nSPS) is 11.3. The molecule has 150 valence electrons. The molecule has 3 aromatic rings. The van der Waals surface area contributed by atoms with Gasteiger partial charge in [-0.3, -0.25) is 4.79 Å². The minimum Gasteiger partial charge on any atom is -0.497 e. The standard InChI is InChI=1S/C20H22N6O2S/c1-13-7-9-15(10-8-13)18(27)12-29-20-25-24-19(26(20)21)23-22-14(2)16-5-4-6-17(11-16)28-3/h4-11H,12,21H2,1-3H3,(H,23,24)/b22-14+. The van der Waals surface area contributed by atoms with Gasteiger partial charge in [-0.25, -0.2) is 10.1 Å². The Kier molecular flexibility index (Phi) is 6.50. The third kappa shape index (κ3) is 5.14. The SMILES string of the molecule is COc1cccc(/C(C)=N/Nc2nnc(SCC(=O)c3ccc(C)cc3)n2N)c1. The van der Waals surface area contributed by atoms with Crippen molar-refractivity contribution in [1.29, 1.82) is 0 Å². The van der Waals surface area contributed by atoms with E-state index in [1.807, 2.05) is 62.4 Å². The number of benzene rings is 2. The van der Waals surface area contributed by atoms with Crippen molar-refractivity contribution >= 4 is 29.2 Å². The number of ketones is 1. The summed E-state index contributed by atoms with van der Waals surface area (Å²) >= 11 is 1.22. The molecule has 9 heteroatoms. The number of nitrogens with zero attached hydrogens (tertiary/aromatic N) is 4. The maximum Gasteiger partial charge on any atom is 0.264 e. The third-order valence-corrected chi connectivity index (χ3v) is 5.12. The number of nitrogens with two attached hydrogens (primary N) is 1. The zero-order chi connectivity index (χ0) is 20.8. The second kappa shape index (κ2) is 9.24. The van der Waals surface area contributed by atoms with Crippen molar-refractivity contribution in [1.82, 2.24) is 14.9 Å². The Bertz CT molecular complexity index is 1030. The predicted octanol–water partition coefficient (Wildman–Crippen LogP) is 3.12. The number of nitrogen functional groups attached to an aromatic ring is 1. The predicted molar refractivity (Wildman–Crippen MR) is 115 cm³/mol. The zero-order valence-electron chi connectivity index (χ0n) is 16.4. The van der Waals surface area contributed by atoms with Gasteiger partial charge < -0.3 is 10.6 Å². The molecule has 0 aliphatic heterocycles. The Hall–Kier alpha value is -3.33. The highest BCUT2D eigenvalue weighted by Crippen LogP contribution is 2.19. The number of Topliss-reactive ketones (excluding diaryl/α,β-unsaturated/α-hetero) is 1. The highest BCUT2D eigenvalue weighted by atomic mass is 32.2. The molecule has 0 aliphatic rings. The Balaban J connectivity index is 1.63. The van der Waals surface area contributed by atoms with Crippen LogP contribution < -0.4 is 16.0 Å². The molecule has 2 aromatic carbocycles. The highest BCUT2D eigenvalue weighted by molar-refractivity contribution is 7.99. The molecule has 0 fully saturated rings. The minimum atomic E-state index is -0.000556. The molecule has 29 heavy (non-hydrogen) atoms. The number of anilines is 1. The molecule has 0 saturated carbocycles. The van der Waals surface area contributed by atoms with E-state index in [9.17, 15) is 4.79 Å². The number of aryl methyl sites for hydroxylation is 1. The lowest BCUT2D eigenvalue weighted by Gasteiger charge is -2.06. The first-order chi connectivity index (χ1) is 14.0. The van der Waals surface area contributed by atoms with Crippen molar-refractivity contribution < 1.29 is 9.53 Å². The topological polar surface area (TPSA) is 107 Å². The molecule has 1 heterocycles. The van der Waals surface area contributed by atoms with Crippen molar-refractivity contribution in [3.63, 3.8) is 0 Å². The number of methoxy groups -OCH3 is 1. The molecule has 0 aliphatic carbocycles. The monoisotopic (exact) mass is 410 g/mol. The second-order valence-electron chi connectivity index (χ2n) is 6.30. The first-order valence-electron chi connectivity index (χ1n) is 8.86. The number of ether oxygens (including phenoxy) is 1. The summed E-state index contributed by atoms with van der Waals surface area (Å²) in [7, 11) is 1.61. The highest BCUT2D eigenvalue weighted by Gasteiger charge is 2.13. The second-order valence-corrected chi connectivity index (χ2v) is 7.24. The van der Waals surface area contributed by atoms with Crippen molar-refractivity contribution in [3.8, 4) is 5.75 Å². The molecule has 0 atom stereocenters. The lowest BCUT2D eigenvalue weighted by molar-refractivity contribution is 0.102. The number of nitrogens with one attached hydrogen (secondary N) is 1. The van der Waals surface area contributed by atoms with Gasteiger partial charge in [-0.1, -0.05) is 53.7 Å². The smallest absolute Gasteiger partial charge is 0.264 e. The summed E-state index contributed by atoms with van der Waals surface area (Å²) in [5, 5.41) is 12.7. The lowest BCUT2D eigenvalue weighted by Crippen LogP contribution is -2.14. The summed E-state index contributed by atoms with van der Waals surface area (Å²) < 4.78 is 6.50. The summed E-state index contributed by atoms with van der Waals surface area (Å²) in [4.78, 5) is 12.3. The number of thioether (sulfide) groups is 1. The molecule has 8 nitrogen and oxygen atoms in total. The van der Waals surface area contributed by atoms with Crippen LogP contribution in [0.5, 0.6) is 5.75 Å². The summed E-state index contributed by atoms with van der Waals surface area (Å²) in [5.41, 5.74) is 6.20. The number of rotatable bonds is 8. The van der Waals surface area contributed by atoms with Gasteiger partial charge in [0, 0.05) is 11.1 Å². The molecule has 3 rings (SSSR count). The van der Waals surface area contributed by atoms with Gasteiger partial charge in [-0.2, -0.15) is 5.10 Å². The average molecular weight is 411 g/mol. The fraction of sp³-hybridized carbons (Fsp3) is 0.200. The van der Waals surface area contributed by atoms with Crippen molar-refractivity contribution in [2.75, 3.05) is 24.1 Å². The molecule has 1 aromatic heterocycles. The lowest BCUT2D eigenvalue weighted by atomic mass is 10.1. The van der Waals surface area contributed by atoms with Crippen LogP contribution in [-0.2, 0) is 0 Å². The van der Waals surface area contributed by atoms with Crippen LogP contribution in [0.2, 0.25) is 0 Å². The van der Waals surface area contributed by atoms with Crippen LogP contribution in [-0.4, -0.2) is 39.2 Å².